The molecule has 1 aromatic rings. The Morgan fingerprint density at radius 3 is 2.79 bits per heavy atom. The second kappa shape index (κ2) is 5.54. The van der Waals surface area contributed by atoms with Crippen molar-refractivity contribution in [1.29, 1.82) is 0 Å². The van der Waals surface area contributed by atoms with Crippen LogP contribution in [-0.4, -0.2) is 18.6 Å². The average molecular weight is 258 g/mol. The van der Waals surface area contributed by atoms with E-state index in [2.05, 4.69) is 30.0 Å². The van der Waals surface area contributed by atoms with Crippen LogP contribution in [0.4, 0.5) is 5.69 Å². The summed E-state index contributed by atoms with van der Waals surface area (Å²) in [4.78, 5) is 2.68. The predicted octanol–water partition coefficient (Wildman–Crippen LogP) is 3.27. The molecule has 3 rings (SSSR count). The first kappa shape index (κ1) is 13.0. The van der Waals surface area contributed by atoms with Gasteiger partial charge in [0, 0.05) is 24.3 Å². The molecule has 0 radical (unpaired) electrons. The van der Waals surface area contributed by atoms with E-state index in [-0.39, 0.29) is 6.04 Å². The summed E-state index contributed by atoms with van der Waals surface area (Å²) in [5, 5.41) is 0. The van der Waals surface area contributed by atoms with E-state index in [1.54, 1.807) is 5.56 Å². The van der Waals surface area contributed by atoms with Gasteiger partial charge in [-0.1, -0.05) is 31.4 Å². The summed E-state index contributed by atoms with van der Waals surface area (Å²) in [5.41, 5.74) is 10.4. The lowest BCUT2D eigenvalue weighted by Gasteiger charge is -2.33. The first-order valence-electron chi connectivity index (χ1n) is 7.88. The molecule has 1 heterocycles. The van der Waals surface area contributed by atoms with Crippen LogP contribution in [0, 0.1) is 0 Å². The predicted molar refractivity (Wildman–Crippen MR) is 81.7 cm³/mol. The van der Waals surface area contributed by atoms with Crippen LogP contribution in [-0.2, 0) is 12.8 Å². The minimum atomic E-state index is 0.252. The molecule has 19 heavy (non-hydrogen) atoms. The first-order chi connectivity index (χ1) is 9.24. The number of nitrogens with zero attached hydrogens (tertiary/aromatic N) is 1. The van der Waals surface area contributed by atoms with E-state index in [9.17, 15) is 0 Å². The molecule has 1 unspecified atom stereocenters. The normalized spacial score (nSPS) is 21.5. The van der Waals surface area contributed by atoms with Crippen LogP contribution in [0.2, 0.25) is 0 Å². The maximum atomic E-state index is 5.93. The Bertz CT molecular complexity index is 433. The smallest absolute Gasteiger partial charge is 0.0404 e. The minimum Gasteiger partial charge on any atom is -0.368 e. The zero-order valence-corrected chi connectivity index (χ0v) is 12.1. The van der Waals surface area contributed by atoms with Crippen LogP contribution in [0.3, 0.4) is 0 Å². The molecule has 2 nitrogen and oxygen atoms in total. The Hall–Kier alpha value is -1.02. The molecule has 0 amide bonds. The summed E-state index contributed by atoms with van der Waals surface area (Å²) in [6.07, 6.45) is 9.25. The monoisotopic (exact) mass is 258 g/mol. The van der Waals surface area contributed by atoms with E-state index in [0.29, 0.717) is 0 Å². The van der Waals surface area contributed by atoms with Crippen LogP contribution < -0.4 is 10.6 Å². The molecule has 1 aliphatic carbocycles. The van der Waals surface area contributed by atoms with Gasteiger partial charge in [0.15, 0.2) is 0 Å². The number of hydrogen-bond donors (Lipinski definition) is 1. The molecule has 0 spiro atoms. The van der Waals surface area contributed by atoms with E-state index in [1.807, 2.05) is 0 Å². The van der Waals surface area contributed by atoms with E-state index in [4.69, 9.17) is 5.73 Å². The van der Waals surface area contributed by atoms with Crippen LogP contribution in [0.5, 0.6) is 0 Å². The van der Waals surface area contributed by atoms with Crippen LogP contribution in [0.25, 0.3) is 0 Å². The fraction of sp³-hybridized carbons (Fsp3) is 0.647. The number of fused-ring (bicyclic) bond motifs is 1. The van der Waals surface area contributed by atoms with Gasteiger partial charge in [0.05, 0.1) is 0 Å². The Morgan fingerprint density at radius 1 is 1.26 bits per heavy atom. The maximum Gasteiger partial charge on any atom is 0.0404 e. The van der Waals surface area contributed by atoms with Crippen molar-refractivity contribution in [2.45, 2.75) is 64.0 Å². The Labute approximate surface area is 117 Å². The topological polar surface area (TPSA) is 29.3 Å². The number of anilines is 1. The Balaban J connectivity index is 1.81. The van der Waals surface area contributed by atoms with Crippen molar-refractivity contribution in [3.63, 3.8) is 0 Å². The van der Waals surface area contributed by atoms with Gasteiger partial charge in [-0.15, -0.1) is 0 Å². The van der Waals surface area contributed by atoms with E-state index < -0.39 is 0 Å². The SMILES string of the molecule is CC(N)Cc1ccc2c(c1)N(C1CCCCC1)CC2. The molecule has 1 aromatic carbocycles. The number of hydrogen-bond acceptors (Lipinski definition) is 2. The highest BCUT2D eigenvalue weighted by Gasteiger charge is 2.27. The zero-order chi connectivity index (χ0) is 13.2. The quantitative estimate of drug-likeness (QED) is 0.901. The van der Waals surface area contributed by atoms with Gasteiger partial charge in [0.2, 0.25) is 0 Å². The standard InChI is InChI=1S/C17H26N2/c1-13(18)11-14-7-8-15-9-10-19(17(15)12-14)16-5-3-2-4-6-16/h7-8,12-13,16H,2-6,9-11,18H2,1H3. The van der Waals surface area contributed by atoms with Crippen molar-refractivity contribution >= 4 is 5.69 Å². The fourth-order valence-corrected chi connectivity index (χ4v) is 3.72. The fourth-order valence-electron chi connectivity index (χ4n) is 3.72. The molecule has 1 fully saturated rings. The van der Waals surface area contributed by atoms with Gasteiger partial charge in [-0.05, 0) is 49.8 Å². The van der Waals surface area contributed by atoms with Crippen molar-refractivity contribution in [1.82, 2.24) is 0 Å². The molecule has 0 bridgehead atoms. The molecule has 2 aliphatic rings. The molecule has 1 saturated carbocycles. The zero-order valence-electron chi connectivity index (χ0n) is 12.1. The first-order valence-corrected chi connectivity index (χ1v) is 7.88. The van der Waals surface area contributed by atoms with Gasteiger partial charge in [-0.2, -0.15) is 0 Å². The van der Waals surface area contributed by atoms with Gasteiger partial charge < -0.3 is 10.6 Å². The summed E-state index contributed by atoms with van der Waals surface area (Å²) in [7, 11) is 0. The Kier molecular flexibility index (Phi) is 3.79. The van der Waals surface area contributed by atoms with Crippen molar-refractivity contribution in [3.05, 3.63) is 29.3 Å². The van der Waals surface area contributed by atoms with E-state index >= 15 is 0 Å². The molecule has 2 heteroatoms. The van der Waals surface area contributed by atoms with Crippen molar-refractivity contribution < 1.29 is 0 Å². The summed E-state index contributed by atoms with van der Waals surface area (Å²) in [5.74, 6) is 0. The maximum absolute atomic E-state index is 5.93. The van der Waals surface area contributed by atoms with E-state index in [1.165, 1.54) is 56.3 Å². The molecule has 0 saturated heterocycles. The molecule has 0 aromatic heterocycles. The largest absolute Gasteiger partial charge is 0.368 e. The molecule has 1 atom stereocenters. The van der Waals surface area contributed by atoms with Gasteiger partial charge >= 0.3 is 0 Å². The highest BCUT2D eigenvalue weighted by atomic mass is 15.2. The van der Waals surface area contributed by atoms with Gasteiger partial charge in [0.25, 0.3) is 0 Å². The number of rotatable bonds is 3. The highest BCUT2D eigenvalue weighted by molar-refractivity contribution is 5.60. The summed E-state index contributed by atoms with van der Waals surface area (Å²) < 4.78 is 0. The van der Waals surface area contributed by atoms with Crippen molar-refractivity contribution in [2.24, 2.45) is 5.73 Å². The lowest BCUT2D eigenvalue weighted by atomic mass is 9.94. The minimum absolute atomic E-state index is 0.252. The van der Waals surface area contributed by atoms with Crippen LogP contribution in [0.15, 0.2) is 18.2 Å². The Morgan fingerprint density at radius 2 is 2.05 bits per heavy atom. The van der Waals surface area contributed by atoms with Crippen molar-refractivity contribution in [3.8, 4) is 0 Å². The molecular formula is C17H26N2. The molecule has 1 aliphatic heterocycles. The van der Waals surface area contributed by atoms with Gasteiger partial charge in [-0.25, -0.2) is 0 Å². The second-order valence-electron chi connectivity index (χ2n) is 6.38. The van der Waals surface area contributed by atoms with Gasteiger partial charge in [-0.3, -0.25) is 0 Å². The second-order valence-corrected chi connectivity index (χ2v) is 6.38. The molecule has 2 N–H and O–H groups in total. The lowest BCUT2D eigenvalue weighted by molar-refractivity contribution is 0.420. The summed E-state index contributed by atoms with van der Waals surface area (Å²) >= 11 is 0. The number of nitrogens with two attached hydrogens (primary N) is 1. The molecule has 104 valence electrons. The van der Waals surface area contributed by atoms with E-state index in [0.717, 1.165) is 12.5 Å². The van der Waals surface area contributed by atoms with Gasteiger partial charge in [0.1, 0.15) is 0 Å². The molecular weight excluding hydrogens is 232 g/mol. The van der Waals surface area contributed by atoms with Crippen LogP contribution in [0.1, 0.15) is 50.2 Å². The van der Waals surface area contributed by atoms with Crippen molar-refractivity contribution in [2.75, 3.05) is 11.4 Å². The summed E-state index contributed by atoms with van der Waals surface area (Å²) in [6.45, 7) is 3.31. The van der Waals surface area contributed by atoms with Crippen LogP contribution >= 0.6 is 0 Å². The average Bonchev–Trinajstić information content (AvgIpc) is 2.82. The third kappa shape index (κ3) is 2.79. The number of benzene rings is 1. The third-order valence-corrected chi connectivity index (χ3v) is 4.65. The highest BCUT2D eigenvalue weighted by Crippen LogP contribution is 2.35. The lowest BCUT2D eigenvalue weighted by Crippen LogP contribution is -2.35. The summed E-state index contributed by atoms with van der Waals surface area (Å²) in [6, 6.07) is 8.05. The third-order valence-electron chi connectivity index (χ3n) is 4.65.